The first-order chi connectivity index (χ1) is 8.60. The topological polar surface area (TPSA) is 15.3 Å². The van der Waals surface area contributed by atoms with Gasteiger partial charge in [-0.05, 0) is 50.1 Å². The number of benzene rings is 1. The molecule has 0 saturated heterocycles. The van der Waals surface area contributed by atoms with E-state index in [0.717, 1.165) is 17.3 Å². The fourth-order valence-corrected chi connectivity index (χ4v) is 2.78. The summed E-state index contributed by atoms with van der Waals surface area (Å²) in [6, 6.07) is 6.80. The minimum absolute atomic E-state index is 0.505. The Labute approximate surface area is 120 Å². The number of hydrogen-bond donors (Lipinski definition) is 1. The number of nitrogens with zero attached hydrogens (tertiary/aromatic N) is 1. The van der Waals surface area contributed by atoms with Crippen LogP contribution >= 0.6 is 23.4 Å². The highest BCUT2D eigenvalue weighted by Crippen LogP contribution is 2.28. The summed E-state index contributed by atoms with van der Waals surface area (Å²) in [4.78, 5) is 2.27. The number of nitrogens with one attached hydrogen (secondary N) is 1. The fourth-order valence-electron chi connectivity index (χ4n) is 1.87. The molecule has 0 saturated carbocycles. The predicted octanol–water partition coefficient (Wildman–Crippen LogP) is 3.64. The highest BCUT2D eigenvalue weighted by atomic mass is 35.5. The molecule has 1 aromatic rings. The van der Waals surface area contributed by atoms with Crippen LogP contribution in [0, 0.1) is 0 Å². The summed E-state index contributed by atoms with van der Waals surface area (Å²) in [7, 11) is 4.06. The van der Waals surface area contributed by atoms with Crippen LogP contribution in [0.1, 0.15) is 18.9 Å². The molecule has 1 rings (SSSR count). The quantitative estimate of drug-likeness (QED) is 0.824. The summed E-state index contributed by atoms with van der Waals surface area (Å²) < 4.78 is 0. The van der Waals surface area contributed by atoms with Gasteiger partial charge in [-0.1, -0.05) is 17.7 Å². The smallest absolute Gasteiger partial charge is 0.0642 e. The van der Waals surface area contributed by atoms with Crippen LogP contribution in [0.25, 0.3) is 0 Å². The average molecular weight is 287 g/mol. The third-order valence-electron chi connectivity index (χ3n) is 3.17. The zero-order chi connectivity index (χ0) is 13.5. The number of thioether (sulfide) groups is 1. The molecule has 0 aromatic heterocycles. The molecule has 0 aliphatic carbocycles. The summed E-state index contributed by atoms with van der Waals surface area (Å²) in [5.41, 5.74) is 2.33. The first kappa shape index (κ1) is 15.7. The van der Waals surface area contributed by atoms with Gasteiger partial charge in [0, 0.05) is 19.6 Å². The van der Waals surface area contributed by atoms with E-state index in [4.69, 9.17) is 11.6 Å². The Morgan fingerprint density at radius 3 is 2.72 bits per heavy atom. The van der Waals surface area contributed by atoms with Crippen molar-refractivity contribution >= 4 is 29.1 Å². The molecule has 2 nitrogen and oxygen atoms in total. The van der Waals surface area contributed by atoms with Crippen LogP contribution in [0.4, 0.5) is 5.69 Å². The Hall–Kier alpha value is -0.380. The van der Waals surface area contributed by atoms with Gasteiger partial charge in [0.1, 0.15) is 0 Å². The molecule has 0 aliphatic rings. The highest BCUT2D eigenvalue weighted by Gasteiger charge is 2.12. The molecule has 0 amide bonds. The van der Waals surface area contributed by atoms with Crippen LogP contribution in [-0.4, -0.2) is 32.1 Å². The van der Waals surface area contributed by atoms with Crippen LogP contribution < -0.4 is 10.2 Å². The summed E-state index contributed by atoms with van der Waals surface area (Å²) in [5, 5.41) is 3.97. The minimum atomic E-state index is 0.505. The van der Waals surface area contributed by atoms with Gasteiger partial charge in [0.2, 0.25) is 0 Å². The third kappa shape index (κ3) is 4.38. The van der Waals surface area contributed by atoms with Gasteiger partial charge in [-0.3, -0.25) is 0 Å². The molecule has 1 aromatic carbocycles. The molecule has 0 bridgehead atoms. The van der Waals surface area contributed by atoms with Gasteiger partial charge in [-0.15, -0.1) is 0 Å². The second kappa shape index (κ2) is 7.93. The molecule has 0 fully saturated rings. The van der Waals surface area contributed by atoms with Gasteiger partial charge in [0.15, 0.2) is 0 Å². The summed E-state index contributed by atoms with van der Waals surface area (Å²) >= 11 is 8.25. The van der Waals surface area contributed by atoms with E-state index in [1.807, 2.05) is 24.9 Å². The molecule has 0 radical (unpaired) electrons. The maximum Gasteiger partial charge on any atom is 0.0642 e. The first-order valence-corrected chi connectivity index (χ1v) is 8.02. The monoisotopic (exact) mass is 286 g/mol. The van der Waals surface area contributed by atoms with Crippen molar-refractivity contribution in [1.29, 1.82) is 0 Å². The van der Waals surface area contributed by atoms with Crippen molar-refractivity contribution in [3.8, 4) is 0 Å². The van der Waals surface area contributed by atoms with Crippen LogP contribution in [0.2, 0.25) is 5.02 Å². The maximum absolute atomic E-state index is 6.36. The van der Waals surface area contributed by atoms with Gasteiger partial charge in [-0.2, -0.15) is 11.8 Å². The van der Waals surface area contributed by atoms with Crippen LogP contribution in [0.3, 0.4) is 0 Å². The Bertz CT molecular complexity index is 371. The van der Waals surface area contributed by atoms with Crippen molar-refractivity contribution in [2.24, 2.45) is 0 Å². The molecule has 1 unspecified atom stereocenters. The van der Waals surface area contributed by atoms with E-state index in [2.05, 4.69) is 42.6 Å². The van der Waals surface area contributed by atoms with Crippen molar-refractivity contribution in [2.45, 2.75) is 25.9 Å². The van der Waals surface area contributed by atoms with Crippen molar-refractivity contribution in [3.05, 3.63) is 28.8 Å². The molecular formula is C14H23ClN2S. The van der Waals surface area contributed by atoms with Crippen molar-refractivity contribution in [3.63, 3.8) is 0 Å². The Morgan fingerprint density at radius 2 is 2.17 bits per heavy atom. The molecular weight excluding hydrogens is 264 g/mol. The van der Waals surface area contributed by atoms with Crippen molar-refractivity contribution in [2.75, 3.05) is 31.0 Å². The van der Waals surface area contributed by atoms with Gasteiger partial charge < -0.3 is 10.2 Å². The lowest BCUT2D eigenvalue weighted by molar-refractivity contribution is 0.669. The van der Waals surface area contributed by atoms with Gasteiger partial charge >= 0.3 is 0 Å². The molecule has 4 heteroatoms. The lowest BCUT2D eigenvalue weighted by Gasteiger charge is -2.28. The summed E-state index contributed by atoms with van der Waals surface area (Å²) in [6.45, 7) is 3.10. The van der Waals surface area contributed by atoms with Gasteiger partial charge in [0.05, 0.1) is 10.7 Å². The zero-order valence-electron chi connectivity index (χ0n) is 11.7. The van der Waals surface area contributed by atoms with Crippen molar-refractivity contribution in [1.82, 2.24) is 5.32 Å². The number of halogens is 1. The number of hydrogen-bond acceptors (Lipinski definition) is 3. The SMILES string of the molecule is CNCc1ccc(N(C)C(C)CCSC)c(Cl)c1. The third-order valence-corrected chi connectivity index (χ3v) is 4.12. The normalized spacial score (nSPS) is 12.5. The molecule has 102 valence electrons. The van der Waals surface area contributed by atoms with E-state index < -0.39 is 0 Å². The summed E-state index contributed by atoms with van der Waals surface area (Å²) in [5.74, 6) is 1.18. The molecule has 0 heterocycles. The number of anilines is 1. The van der Waals surface area contributed by atoms with E-state index >= 15 is 0 Å². The van der Waals surface area contributed by atoms with E-state index in [1.165, 1.54) is 17.7 Å². The predicted molar refractivity (Wildman–Crippen MR) is 85.1 cm³/mol. The molecule has 1 N–H and O–H groups in total. The lowest BCUT2D eigenvalue weighted by Crippen LogP contribution is -2.29. The Morgan fingerprint density at radius 1 is 1.44 bits per heavy atom. The van der Waals surface area contributed by atoms with Crippen LogP contribution in [0.5, 0.6) is 0 Å². The molecule has 0 spiro atoms. The molecule has 18 heavy (non-hydrogen) atoms. The molecule has 0 aliphatic heterocycles. The zero-order valence-corrected chi connectivity index (χ0v) is 13.2. The van der Waals surface area contributed by atoms with E-state index in [1.54, 1.807) is 0 Å². The van der Waals surface area contributed by atoms with E-state index in [-0.39, 0.29) is 0 Å². The van der Waals surface area contributed by atoms with E-state index in [9.17, 15) is 0 Å². The minimum Gasteiger partial charge on any atom is -0.371 e. The maximum atomic E-state index is 6.36. The lowest BCUT2D eigenvalue weighted by atomic mass is 10.1. The fraction of sp³-hybridized carbons (Fsp3) is 0.571. The van der Waals surface area contributed by atoms with Crippen LogP contribution in [0.15, 0.2) is 18.2 Å². The Kier molecular flexibility index (Phi) is 6.90. The Balaban J connectivity index is 2.76. The average Bonchev–Trinajstić information content (AvgIpc) is 2.35. The highest BCUT2D eigenvalue weighted by molar-refractivity contribution is 7.98. The number of rotatable bonds is 7. The summed E-state index contributed by atoms with van der Waals surface area (Å²) in [6.07, 6.45) is 3.32. The first-order valence-electron chi connectivity index (χ1n) is 6.25. The second-order valence-corrected chi connectivity index (χ2v) is 5.95. The largest absolute Gasteiger partial charge is 0.371 e. The van der Waals surface area contributed by atoms with Crippen LogP contribution in [-0.2, 0) is 6.54 Å². The van der Waals surface area contributed by atoms with Crippen molar-refractivity contribution < 1.29 is 0 Å². The second-order valence-electron chi connectivity index (χ2n) is 4.56. The van der Waals surface area contributed by atoms with Gasteiger partial charge in [-0.25, -0.2) is 0 Å². The van der Waals surface area contributed by atoms with Gasteiger partial charge in [0.25, 0.3) is 0 Å². The molecule has 1 atom stereocenters. The standard InChI is InChI=1S/C14H23ClN2S/c1-11(7-8-18-4)17(3)14-6-5-12(10-16-2)9-13(14)15/h5-6,9,11,16H,7-8,10H2,1-4H3. The van der Waals surface area contributed by atoms with E-state index in [0.29, 0.717) is 6.04 Å².